The lowest BCUT2D eigenvalue weighted by Crippen LogP contribution is -2.39. The lowest BCUT2D eigenvalue weighted by molar-refractivity contribution is -0.121. The Morgan fingerprint density at radius 1 is 1.10 bits per heavy atom. The van der Waals surface area contributed by atoms with Crippen LogP contribution in [0.25, 0.3) is 11.3 Å². The number of nitrogens with one attached hydrogen (secondary N) is 1. The van der Waals surface area contributed by atoms with Gasteiger partial charge in [0.1, 0.15) is 11.3 Å². The van der Waals surface area contributed by atoms with E-state index in [9.17, 15) is 9.59 Å². The Kier molecular flexibility index (Phi) is 8.28. The van der Waals surface area contributed by atoms with Gasteiger partial charge in [-0.05, 0) is 101 Å². The molecule has 218 valence electrons. The van der Waals surface area contributed by atoms with Gasteiger partial charge in [-0.15, -0.1) is 5.10 Å². The van der Waals surface area contributed by atoms with Gasteiger partial charge in [0.2, 0.25) is 5.91 Å². The quantitative estimate of drug-likeness (QED) is 0.339. The number of rotatable bonds is 5. The molecule has 2 aromatic carbocycles. The lowest BCUT2D eigenvalue weighted by atomic mass is 9.90. The van der Waals surface area contributed by atoms with Gasteiger partial charge in [0.15, 0.2) is 0 Å². The first-order valence-corrected chi connectivity index (χ1v) is 15.3. The molecule has 0 unspecified atom stereocenters. The van der Waals surface area contributed by atoms with Crippen molar-refractivity contribution in [2.24, 2.45) is 0 Å². The minimum absolute atomic E-state index is 0.0749. The number of carbonyl (C=O) groups is 2. The highest BCUT2D eigenvalue weighted by atomic mass is 79.9. The smallest absolute Gasteiger partial charge is 0.414 e. The van der Waals surface area contributed by atoms with Crippen LogP contribution < -0.4 is 10.2 Å². The predicted molar refractivity (Wildman–Crippen MR) is 164 cm³/mol. The van der Waals surface area contributed by atoms with Crippen LogP contribution in [0.1, 0.15) is 80.3 Å². The fourth-order valence-electron chi connectivity index (χ4n) is 6.14. The van der Waals surface area contributed by atoms with Crippen LogP contribution in [0.2, 0.25) is 0 Å². The average molecular weight is 623 g/mol. The lowest BCUT2D eigenvalue weighted by Gasteiger charge is -2.29. The van der Waals surface area contributed by atoms with Crippen LogP contribution in [0.15, 0.2) is 34.9 Å². The van der Waals surface area contributed by atoms with Crippen molar-refractivity contribution in [1.29, 1.82) is 0 Å². The predicted octanol–water partition coefficient (Wildman–Crippen LogP) is 6.77. The molecule has 0 atom stereocenters. The molecule has 2 aliphatic rings. The van der Waals surface area contributed by atoms with E-state index in [-0.39, 0.29) is 24.1 Å². The average Bonchev–Trinajstić information content (AvgIpc) is 3.57. The second-order valence-corrected chi connectivity index (χ2v) is 13.2. The molecule has 1 aliphatic carbocycles. The number of benzene rings is 2. The van der Waals surface area contributed by atoms with Crippen molar-refractivity contribution >= 4 is 33.6 Å². The van der Waals surface area contributed by atoms with Crippen LogP contribution in [0, 0.1) is 20.8 Å². The number of ether oxygens (including phenoxy) is 1. The molecule has 2 heterocycles. The summed E-state index contributed by atoms with van der Waals surface area (Å²) in [5, 5.41) is 12.3. The zero-order chi connectivity index (χ0) is 29.5. The maximum Gasteiger partial charge on any atom is 0.414 e. The molecular formula is C32H40BrN5O3. The molecule has 5 rings (SSSR count). The van der Waals surface area contributed by atoms with Crippen LogP contribution in [-0.2, 0) is 22.4 Å². The number of amides is 2. The Morgan fingerprint density at radius 2 is 1.83 bits per heavy atom. The molecule has 0 radical (unpaired) electrons. The van der Waals surface area contributed by atoms with Crippen molar-refractivity contribution in [3.63, 3.8) is 0 Å². The van der Waals surface area contributed by atoms with E-state index >= 15 is 0 Å². The van der Waals surface area contributed by atoms with E-state index in [1.54, 1.807) is 4.90 Å². The number of para-hydroxylation sites is 1. The third kappa shape index (κ3) is 6.35. The van der Waals surface area contributed by atoms with E-state index in [1.807, 2.05) is 43.8 Å². The summed E-state index contributed by atoms with van der Waals surface area (Å²) >= 11 is 3.66. The van der Waals surface area contributed by atoms with E-state index < -0.39 is 5.60 Å². The molecular weight excluding hydrogens is 582 g/mol. The summed E-state index contributed by atoms with van der Waals surface area (Å²) in [6.45, 7) is 12.5. The molecule has 1 aromatic heterocycles. The van der Waals surface area contributed by atoms with Gasteiger partial charge in [0.25, 0.3) is 0 Å². The first-order chi connectivity index (χ1) is 19.4. The van der Waals surface area contributed by atoms with E-state index in [0.29, 0.717) is 13.0 Å². The fourth-order valence-corrected chi connectivity index (χ4v) is 6.49. The van der Waals surface area contributed by atoms with Gasteiger partial charge in [-0.1, -0.05) is 45.4 Å². The van der Waals surface area contributed by atoms with Crippen molar-refractivity contribution in [3.8, 4) is 11.3 Å². The van der Waals surface area contributed by atoms with Crippen molar-refractivity contribution in [2.45, 2.75) is 97.8 Å². The molecule has 3 aromatic rings. The molecule has 8 nitrogen and oxygen atoms in total. The Balaban J connectivity index is 1.22. The minimum Gasteiger partial charge on any atom is -0.443 e. The number of halogens is 1. The zero-order valence-electron chi connectivity index (χ0n) is 24.9. The number of carbonyl (C=O) groups excluding carboxylic acids is 2. The maximum atomic E-state index is 13.0. The van der Waals surface area contributed by atoms with E-state index in [2.05, 4.69) is 64.5 Å². The Labute approximate surface area is 251 Å². The highest BCUT2D eigenvalue weighted by molar-refractivity contribution is 9.10. The summed E-state index contributed by atoms with van der Waals surface area (Å²) in [4.78, 5) is 27.6. The monoisotopic (exact) mass is 621 g/mol. The summed E-state index contributed by atoms with van der Waals surface area (Å²) < 4.78 is 8.71. The molecule has 1 saturated carbocycles. The van der Waals surface area contributed by atoms with Crippen LogP contribution >= 0.6 is 15.9 Å². The zero-order valence-corrected chi connectivity index (χ0v) is 26.5. The molecule has 0 bridgehead atoms. The van der Waals surface area contributed by atoms with Gasteiger partial charge >= 0.3 is 6.09 Å². The van der Waals surface area contributed by atoms with E-state index in [1.165, 1.54) is 5.56 Å². The van der Waals surface area contributed by atoms with Crippen molar-refractivity contribution in [1.82, 2.24) is 20.3 Å². The van der Waals surface area contributed by atoms with Crippen LogP contribution in [0.3, 0.4) is 0 Å². The third-order valence-electron chi connectivity index (χ3n) is 8.20. The largest absolute Gasteiger partial charge is 0.443 e. The fraction of sp³-hybridized carbons (Fsp3) is 0.500. The summed E-state index contributed by atoms with van der Waals surface area (Å²) in [6, 6.07) is 8.59. The first-order valence-electron chi connectivity index (χ1n) is 14.5. The minimum atomic E-state index is -0.564. The van der Waals surface area contributed by atoms with Crippen LogP contribution in [-0.4, -0.2) is 45.2 Å². The molecule has 41 heavy (non-hydrogen) atoms. The second kappa shape index (κ2) is 11.6. The standard InChI is InChI=1S/C32H40BrN5O3/c1-19-16-20(2)29(33)21(3)26(19)17-28(39)34-23-10-12-24(13-11-23)38-18-27(35-36-38)25-9-7-8-22-14-15-37(30(22)25)31(40)41-32(4,5)6/h7-9,16,18,23-24H,10-15,17H2,1-6H3,(H,34,39). The first kappa shape index (κ1) is 29.3. The number of nitrogens with zero attached hydrogens (tertiary/aromatic N) is 4. The molecule has 1 N–H and O–H groups in total. The SMILES string of the molecule is Cc1cc(C)c(CC(=O)NC2CCC(n3cc(-c4cccc5c4N(C(=O)OC(C)(C)C)CC5)nn3)CC2)c(C)c1Br. The second-order valence-electron chi connectivity index (χ2n) is 12.5. The van der Waals surface area contributed by atoms with E-state index in [0.717, 1.165) is 75.8 Å². The molecule has 2 amide bonds. The van der Waals surface area contributed by atoms with Crippen LogP contribution in [0.5, 0.6) is 0 Å². The Morgan fingerprint density at radius 3 is 2.54 bits per heavy atom. The van der Waals surface area contributed by atoms with Gasteiger partial charge in [-0.3, -0.25) is 9.69 Å². The van der Waals surface area contributed by atoms with Gasteiger partial charge in [0, 0.05) is 22.6 Å². The topological polar surface area (TPSA) is 89.4 Å². The van der Waals surface area contributed by atoms with Crippen molar-refractivity contribution < 1.29 is 14.3 Å². The molecule has 0 saturated heterocycles. The number of hydrogen-bond acceptors (Lipinski definition) is 5. The highest BCUT2D eigenvalue weighted by Crippen LogP contribution is 2.39. The van der Waals surface area contributed by atoms with Crippen molar-refractivity contribution in [3.05, 3.63) is 62.8 Å². The van der Waals surface area contributed by atoms with Crippen LogP contribution in [0.4, 0.5) is 10.5 Å². The number of hydrogen-bond donors (Lipinski definition) is 1. The Bertz CT molecular complexity index is 1470. The molecule has 9 heteroatoms. The highest BCUT2D eigenvalue weighted by Gasteiger charge is 2.32. The molecule has 1 fully saturated rings. The molecule has 1 aliphatic heterocycles. The summed E-state index contributed by atoms with van der Waals surface area (Å²) in [6.07, 6.45) is 6.46. The normalized spacial score (nSPS) is 18.8. The van der Waals surface area contributed by atoms with Crippen molar-refractivity contribution in [2.75, 3.05) is 11.4 Å². The Hall–Kier alpha value is -3.20. The summed E-state index contributed by atoms with van der Waals surface area (Å²) in [7, 11) is 0. The van der Waals surface area contributed by atoms with Gasteiger partial charge in [-0.25, -0.2) is 9.48 Å². The number of fused-ring (bicyclic) bond motifs is 1. The summed E-state index contributed by atoms with van der Waals surface area (Å²) in [5.74, 6) is 0.0749. The third-order valence-corrected chi connectivity index (χ3v) is 9.42. The number of aromatic nitrogens is 3. The number of anilines is 1. The maximum absolute atomic E-state index is 13.0. The van der Waals surface area contributed by atoms with Gasteiger partial charge in [0.05, 0.1) is 24.3 Å². The molecule has 0 spiro atoms. The summed E-state index contributed by atoms with van der Waals surface area (Å²) in [5.41, 5.74) is 7.65. The number of aryl methyl sites for hydroxylation is 2. The van der Waals surface area contributed by atoms with Gasteiger partial charge in [-0.2, -0.15) is 0 Å². The van der Waals surface area contributed by atoms with E-state index in [4.69, 9.17) is 4.74 Å². The van der Waals surface area contributed by atoms with Gasteiger partial charge < -0.3 is 10.1 Å².